The third-order valence-corrected chi connectivity index (χ3v) is 4.30. The zero-order valence-electron chi connectivity index (χ0n) is 13.9. The number of carbonyl (C=O) groups is 3. The van der Waals surface area contributed by atoms with Gasteiger partial charge in [0.05, 0.1) is 5.92 Å². The van der Waals surface area contributed by atoms with Crippen LogP contribution in [0, 0.1) is 5.92 Å². The van der Waals surface area contributed by atoms with E-state index in [0.717, 1.165) is 18.4 Å². The molecule has 1 saturated heterocycles. The number of hydroxylamine groups is 2. The lowest BCUT2D eigenvalue weighted by atomic mass is 9.95. The molecule has 1 aliphatic rings. The first-order valence-electron chi connectivity index (χ1n) is 8.08. The average molecular weight is 317 g/mol. The number of amides is 2. The molecule has 1 aliphatic heterocycles. The first kappa shape index (κ1) is 17.2. The predicted octanol–water partition coefficient (Wildman–Crippen LogP) is 2.99. The first-order valence-corrected chi connectivity index (χ1v) is 8.08. The summed E-state index contributed by atoms with van der Waals surface area (Å²) in [5.74, 6) is -1.42. The number of imide groups is 1. The summed E-state index contributed by atoms with van der Waals surface area (Å²) in [4.78, 5) is 40.1. The van der Waals surface area contributed by atoms with Crippen molar-refractivity contribution in [3.8, 4) is 0 Å². The smallest absolute Gasteiger partial charge is 0.330 e. The lowest BCUT2D eigenvalue weighted by molar-refractivity contribution is -0.198. The molecule has 1 aromatic carbocycles. The molecule has 124 valence electrons. The summed E-state index contributed by atoms with van der Waals surface area (Å²) in [6, 6.07) is 7.82. The molecule has 2 amide bonds. The Hall–Kier alpha value is -2.17. The first-order chi connectivity index (χ1) is 10.9. The molecular weight excluding hydrogens is 294 g/mol. The van der Waals surface area contributed by atoms with Gasteiger partial charge in [-0.1, -0.05) is 44.5 Å². The fourth-order valence-corrected chi connectivity index (χ4v) is 2.45. The van der Waals surface area contributed by atoms with E-state index in [9.17, 15) is 14.4 Å². The average Bonchev–Trinajstić information content (AvgIpc) is 2.86. The minimum atomic E-state index is -0.594. The van der Waals surface area contributed by atoms with E-state index in [1.54, 1.807) is 6.92 Å². The van der Waals surface area contributed by atoms with Crippen molar-refractivity contribution < 1.29 is 19.2 Å². The summed E-state index contributed by atoms with van der Waals surface area (Å²) in [5.41, 5.74) is 2.04. The Kier molecular flexibility index (Phi) is 5.53. The standard InChI is InChI=1S/C18H23NO4/c1-4-12(2)11-14-5-7-15(8-6-14)13(3)18(22)23-19-16(20)9-10-17(19)21/h5-8,12-13H,4,9-11H2,1-3H3. The van der Waals surface area contributed by atoms with E-state index in [2.05, 4.69) is 13.8 Å². The Morgan fingerprint density at radius 2 is 1.70 bits per heavy atom. The van der Waals surface area contributed by atoms with Gasteiger partial charge in [-0.25, -0.2) is 4.79 Å². The van der Waals surface area contributed by atoms with E-state index in [1.807, 2.05) is 24.3 Å². The van der Waals surface area contributed by atoms with Crippen LogP contribution in [0.3, 0.4) is 0 Å². The Bertz CT molecular complexity index is 578. The third kappa shape index (κ3) is 4.18. The summed E-state index contributed by atoms with van der Waals surface area (Å²) in [5, 5.41) is 0.593. The van der Waals surface area contributed by atoms with Crippen LogP contribution in [0.25, 0.3) is 0 Å². The molecule has 0 aliphatic carbocycles. The van der Waals surface area contributed by atoms with Gasteiger partial charge in [0.1, 0.15) is 0 Å². The summed E-state index contributed by atoms with van der Waals surface area (Å²) in [6.07, 6.45) is 2.34. The van der Waals surface area contributed by atoms with Crippen molar-refractivity contribution in [2.75, 3.05) is 0 Å². The zero-order chi connectivity index (χ0) is 17.0. The van der Waals surface area contributed by atoms with Gasteiger partial charge in [-0.3, -0.25) is 9.59 Å². The molecule has 5 nitrogen and oxygen atoms in total. The molecule has 0 spiro atoms. The summed E-state index contributed by atoms with van der Waals surface area (Å²) in [7, 11) is 0. The highest BCUT2D eigenvalue weighted by Crippen LogP contribution is 2.21. The van der Waals surface area contributed by atoms with Crippen LogP contribution in [0.5, 0.6) is 0 Å². The van der Waals surface area contributed by atoms with Crippen LogP contribution in [-0.2, 0) is 25.6 Å². The summed E-state index contributed by atoms with van der Waals surface area (Å²) in [6.45, 7) is 6.08. The number of benzene rings is 1. The van der Waals surface area contributed by atoms with E-state index < -0.39 is 23.7 Å². The van der Waals surface area contributed by atoms with Gasteiger partial charge in [0.15, 0.2) is 0 Å². The van der Waals surface area contributed by atoms with Crippen molar-refractivity contribution in [3.05, 3.63) is 35.4 Å². The van der Waals surface area contributed by atoms with Crippen molar-refractivity contribution in [2.24, 2.45) is 5.92 Å². The molecule has 0 radical (unpaired) electrons. The Balaban J connectivity index is 1.99. The molecular formula is C18H23NO4. The van der Waals surface area contributed by atoms with Crippen molar-refractivity contribution in [3.63, 3.8) is 0 Å². The molecule has 0 N–H and O–H groups in total. The second-order valence-electron chi connectivity index (χ2n) is 6.17. The highest BCUT2D eigenvalue weighted by atomic mass is 16.7. The molecule has 2 rings (SSSR count). The number of nitrogens with zero attached hydrogens (tertiary/aromatic N) is 1. The lowest BCUT2D eigenvalue weighted by Gasteiger charge is -2.17. The third-order valence-electron chi connectivity index (χ3n) is 4.30. The number of hydrogen-bond acceptors (Lipinski definition) is 4. The van der Waals surface area contributed by atoms with Gasteiger partial charge in [0, 0.05) is 12.8 Å². The summed E-state index contributed by atoms with van der Waals surface area (Å²) >= 11 is 0. The lowest BCUT2D eigenvalue weighted by Crippen LogP contribution is -2.33. The molecule has 2 atom stereocenters. The zero-order valence-corrected chi connectivity index (χ0v) is 13.9. The number of carbonyl (C=O) groups excluding carboxylic acids is 3. The summed E-state index contributed by atoms with van der Waals surface area (Å²) < 4.78 is 0. The van der Waals surface area contributed by atoms with Crippen molar-refractivity contribution >= 4 is 17.8 Å². The Morgan fingerprint density at radius 3 is 2.22 bits per heavy atom. The van der Waals surface area contributed by atoms with Crippen molar-refractivity contribution in [2.45, 2.75) is 52.4 Å². The van der Waals surface area contributed by atoms with Gasteiger partial charge in [-0.15, -0.1) is 5.06 Å². The van der Waals surface area contributed by atoms with Gasteiger partial charge < -0.3 is 4.84 Å². The van der Waals surface area contributed by atoms with Crippen LogP contribution >= 0.6 is 0 Å². The molecule has 0 saturated carbocycles. The van der Waals surface area contributed by atoms with Crippen molar-refractivity contribution in [1.29, 1.82) is 0 Å². The Morgan fingerprint density at radius 1 is 1.13 bits per heavy atom. The molecule has 0 aromatic heterocycles. The van der Waals surface area contributed by atoms with Gasteiger partial charge >= 0.3 is 5.97 Å². The topological polar surface area (TPSA) is 63.7 Å². The SMILES string of the molecule is CCC(C)Cc1ccc(C(C)C(=O)ON2C(=O)CCC2=O)cc1. The highest BCUT2D eigenvalue weighted by Gasteiger charge is 2.34. The quantitative estimate of drug-likeness (QED) is 0.757. The Labute approximate surface area is 136 Å². The number of hydrogen-bond donors (Lipinski definition) is 0. The van der Waals surface area contributed by atoms with Crippen molar-refractivity contribution in [1.82, 2.24) is 5.06 Å². The van der Waals surface area contributed by atoms with Gasteiger partial charge in [-0.2, -0.15) is 0 Å². The van der Waals surface area contributed by atoms with Crippen LogP contribution < -0.4 is 0 Å². The maximum Gasteiger partial charge on any atom is 0.340 e. The highest BCUT2D eigenvalue weighted by molar-refractivity contribution is 6.01. The van der Waals surface area contributed by atoms with E-state index in [0.29, 0.717) is 11.0 Å². The van der Waals surface area contributed by atoms with Gasteiger partial charge in [-0.05, 0) is 30.4 Å². The molecule has 23 heavy (non-hydrogen) atoms. The normalized spacial score (nSPS) is 17.3. The van der Waals surface area contributed by atoms with Crippen LogP contribution in [0.15, 0.2) is 24.3 Å². The minimum absolute atomic E-state index is 0.102. The van der Waals surface area contributed by atoms with E-state index in [4.69, 9.17) is 4.84 Å². The molecule has 1 aromatic rings. The molecule has 1 heterocycles. The van der Waals surface area contributed by atoms with Crippen LogP contribution in [0.1, 0.15) is 57.1 Å². The minimum Gasteiger partial charge on any atom is -0.330 e. The van der Waals surface area contributed by atoms with Gasteiger partial charge in [0.25, 0.3) is 11.8 Å². The predicted molar refractivity (Wildman–Crippen MR) is 85.2 cm³/mol. The molecule has 2 unspecified atom stereocenters. The molecule has 0 bridgehead atoms. The molecule has 5 heteroatoms. The second-order valence-corrected chi connectivity index (χ2v) is 6.17. The van der Waals surface area contributed by atoms with Crippen LogP contribution in [0.4, 0.5) is 0 Å². The number of rotatable bonds is 6. The van der Waals surface area contributed by atoms with E-state index in [1.165, 1.54) is 5.56 Å². The fraction of sp³-hybridized carbons (Fsp3) is 0.500. The van der Waals surface area contributed by atoms with Crippen LogP contribution in [0.2, 0.25) is 0 Å². The maximum absolute atomic E-state index is 12.1. The van der Waals surface area contributed by atoms with Crippen LogP contribution in [-0.4, -0.2) is 22.8 Å². The van der Waals surface area contributed by atoms with E-state index in [-0.39, 0.29) is 12.8 Å². The van der Waals surface area contributed by atoms with Gasteiger partial charge in [0.2, 0.25) is 0 Å². The molecule has 1 fully saturated rings. The van der Waals surface area contributed by atoms with E-state index >= 15 is 0 Å². The maximum atomic E-state index is 12.1. The largest absolute Gasteiger partial charge is 0.340 e. The fourth-order valence-electron chi connectivity index (χ4n) is 2.45. The monoisotopic (exact) mass is 317 g/mol. The second kappa shape index (κ2) is 7.40.